The lowest BCUT2D eigenvalue weighted by Crippen LogP contribution is -2.42. The van der Waals surface area contributed by atoms with E-state index in [2.05, 4.69) is 27.9 Å². The molecule has 1 fully saturated rings. The predicted octanol–water partition coefficient (Wildman–Crippen LogP) is 3.07. The molecule has 2 rings (SSSR count). The zero-order valence-electron chi connectivity index (χ0n) is 10.00. The minimum atomic E-state index is -0.205. The van der Waals surface area contributed by atoms with E-state index in [0.29, 0.717) is 12.6 Å². The van der Waals surface area contributed by atoms with Crippen LogP contribution in [0.4, 0.5) is 4.39 Å². The van der Waals surface area contributed by atoms with Crippen molar-refractivity contribution in [2.75, 3.05) is 13.6 Å². The molecule has 2 nitrogen and oxygen atoms in total. The van der Waals surface area contributed by atoms with E-state index in [9.17, 15) is 4.39 Å². The summed E-state index contributed by atoms with van der Waals surface area (Å²) in [7, 11) is 2.08. The molecule has 1 aromatic rings. The molecule has 1 aliphatic rings. The Morgan fingerprint density at radius 1 is 1.53 bits per heavy atom. The van der Waals surface area contributed by atoms with E-state index in [-0.39, 0.29) is 11.9 Å². The fraction of sp³-hybridized carbons (Fsp3) is 0.538. The van der Waals surface area contributed by atoms with Crippen molar-refractivity contribution in [1.29, 1.82) is 0 Å². The standard InChI is InChI=1S/C13H18BrFN2/c1-17(10-3-2-4-10)13(8-16)11-7-9(15)5-6-12(11)14/h5-7,10,13H,2-4,8,16H2,1H3. The van der Waals surface area contributed by atoms with Gasteiger partial charge in [0.15, 0.2) is 0 Å². The molecule has 1 aliphatic carbocycles. The first kappa shape index (κ1) is 13.0. The van der Waals surface area contributed by atoms with Crippen molar-refractivity contribution in [2.45, 2.75) is 31.3 Å². The van der Waals surface area contributed by atoms with Gasteiger partial charge in [0.2, 0.25) is 0 Å². The van der Waals surface area contributed by atoms with Crippen molar-refractivity contribution in [1.82, 2.24) is 4.90 Å². The molecule has 4 heteroatoms. The van der Waals surface area contributed by atoms with Crippen LogP contribution in [0.1, 0.15) is 30.9 Å². The predicted molar refractivity (Wildman–Crippen MR) is 71.3 cm³/mol. The van der Waals surface area contributed by atoms with Crippen molar-refractivity contribution in [3.63, 3.8) is 0 Å². The Labute approximate surface area is 110 Å². The van der Waals surface area contributed by atoms with Crippen molar-refractivity contribution >= 4 is 15.9 Å². The summed E-state index contributed by atoms with van der Waals surface area (Å²) in [6.07, 6.45) is 3.73. The fourth-order valence-electron chi connectivity index (χ4n) is 2.33. The summed E-state index contributed by atoms with van der Waals surface area (Å²) >= 11 is 3.48. The van der Waals surface area contributed by atoms with Gasteiger partial charge in [-0.25, -0.2) is 4.39 Å². The molecule has 0 radical (unpaired) electrons. The lowest BCUT2D eigenvalue weighted by molar-refractivity contribution is 0.113. The van der Waals surface area contributed by atoms with Gasteiger partial charge in [0.05, 0.1) is 0 Å². The summed E-state index contributed by atoms with van der Waals surface area (Å²) < 4.78 is 14.3. The molecule has 1 atom stereocenters. The number of hydrogen-bond donors (Lipinski definition) is 1. The van der Waals surface area contributed by atoms with Gasteiger partial charge in [0.25, 0.3) is 0 Å². The quantitative estimate of drug-likeness (QED) is 0.926. The van der Waals surface area contributed by atoms with Crippen molar-refractivity contribution in [3.8, 4) is 0 Å². The summed E-state index contributed by atoms with van der Waals surface area (Å²) in [5, 5.41) is 0. The van der Waals surface area contributed by atoms with Crippen molar-refractivity contribution in [2.24, 2.45) is 5.73 Å². The second-order valence-corrected chi connectivity index (χ2v) is 5.52. The van der Waals surface area contributed by atoms with E-state index >= 15 is 0 Å². The molecule has 0 saturated heterocycles. The van der Waals surface area contributed by atoms with Gasteiger partial charge < -0.3 is 5.73 Å². The number of likely N-dealkylation sites (N-methyl/N-ethyl adjacent to an activating group) is 1. The van der Waals surface area contributed by atoms with Crippen LogP contribution in [0, 0.1) is 5.82 Å². The van der Waals surface area contributed by atoms with Gasteiger partial charge in [-0.1, -0.05) is 22.4 Å². The first-order valence-corrected chi connectivity index (χ1v) is 6.79. The molecule has 1 aromatic carbocycles. The SMILES string of the molecule is CN(C1CCC1)C(CN)c1cc(F)ccc1Br. The molecule has 0 bridgehead atoms. The third-order valence-corrected chi connectivity index (χ3v) is 4.40. The Balaban J connectivity index is 2.24. The van der Waals surface area contributed by atoms with Crippen LogP contribution in [0.5, 0.6) is 0 Å². The Kier molecular flexibility index (Phi) is 4.17. The van der Waals surface area contributed by atoms with Gasteiger partial charge in [-0.2, -0.15) is 0 Å². The zero-order chi connectivity index (χ0) is 12.4. The maximum absolute atomic E-state index is 13.3. The maximum Gasteiger partial charge on any atom is 0.123 e. The average Bonchev–Trinajstić information content (AvgIpc) is 2.22. The first-order valence-electron chi connectivity index (χ1n) is 6.00. The Hall–Kier alpha value is -0.450. The zero-order valence-corrected chi connectivity index (χ0v) is 11.6. The highest BCUT2D eigenvalue weighted by Gasteiger charge is 2.28. The number of halogens is 2. The summed E-state index contributed by atoms with van der Waals surface area (Å²) in [5.41, 5.74) is 6.80. The molecule has 1 unspecified atom stereocenters. The first-order chi connectivity index (χ1) is 8.13. The van der Waals surface area contributed by atoms with Crippen molar-refractivity contribution < 1.29 is 4.39 Å². The molecule has 0 spiro atoms. The van der Waals surface area contributed by atoms with Gasteiger partial charge in [-0.05, 0) is 43.7 Å². The monoisotopic (exact) mass is 300 g/mol. The normalized spacial score (nSPS) is 18.2. The molecule has 2 N–H and O–H groups in total. The molecule has 0 aliphatic heterocycles. The molecule has 0 aromatic heterocycles. The van der Waals surface area contributed by atoms with E-state index in [0.717, 1.165) is 10.0 Å². The summed E-state index contributed by atoms with van der Waals surface area (Å²) in [6.45, 7) is 0.509. The highest BCUT2D eigenvalue weighted by molar-refractivity contribution is 9.10. The van der Waals surface area contributed by atoms with E-state index in [4.69, 9.17) is 5.73 Å². The molecule has 1 saturated carbocycles. The molecular formula is C13H18BrFN2. The summed E-state index contributed by atoms with van der Waals surface area (Å²) in [5.74, 6) is -0.205. The molecule has 94 valence electrons. The van der Waals surface area contributed by atoms with Gasteiger partial charge >= 0.3 is 0 Å². The number of rotatable bonds is 4. The van der Waals surface area contributed by atoms with Crippen LogP contribution in [0.25, 0.3) is 0 Å². The van der Waals surface area contributed by atoms with Gasteiger partial charge in [0.1, 0.15) is 5.82 Å². The van der Waals surface area contributed by atoms with Crippen LogP contribution in [-0.4, -0.2) is 24.5 Å². The van der Waals surface area contributed by atoms with Crippen molar-refractivity contribution in [3.05, 3.63) is 34.1 Å². The lowest BCUT2D eigenvalue weighted by Gasteiger charge is -2.40. The van der Waals surface area contributed by atoms with Crippen LogP contribution in [0.2, 0.25) is 0 Å². The van der Waals surface area contributed by atoms with E-state index in [1.807, 2.05) is 0 Å². The topological polar surface area (TPSA) is 29.3 Å². The Morgan fingerprint density at radius 3 is 2.76 bits per heavy atom. The minimum Gasteiger partial charge on any atom is -0.329 e. The summed E-state index contributed by atoms with van der Waals surface area (Å²) in [6, 6.07) is 5.48. The molecule has 0 heterocycles. The fourth-order valence-corrected chi connectivity index (χ4v) is 2.84. The highest BCUT2D eigenvalue weighted by Crippen LogP contribution is 2.33. The highest BCUT2D eigenvalue weighted by atomic mass is 79.9. The maximum atomic E-state index is 13.3. The number of nitrogens with zero attached hydrogens (tertiary/aromatic N) is 1. The van der Waals surface area contributed by atoms with Gasteiger partial charge in [-0.15, -0.1) is 0 Å². The second-order valence-electron chi connectivity index (χ2n) is 4.67. The molecule has 17 heavy (non-hydrogen) atoms. The molecule has 0 amide bonds. The lowest BCUT2D eigenvalue weighted by atomic mass is 9.89. The van der Waals surface area contributed by atoms with Gasteiger partial charge in [-0.3, -0.25) is 4.90 Å². The van der Waals surface area contributed by atoms with Crippen LogP contribution in [-0.2, 0) is 0 Å². The number of nitrogens with two attached hydrogens (primary N) is 1. The smallest absolute Gasteiger partial charge is 0.123 e. The van der Waals surface area contributed by atoms with Gasteiger partial charge in [0, 0.05) is 23.1 Å². The number of hydrogen-bond acceptors (Lipinski definition) is 2. The third-order valence-electron chi connectivity index (χ3n) is 3.68. The second kappa shape index (κ2) is 5.46. The molecular weight excluding hydrogens is 283 g/mol. The third kappa shape index (κ3) is 2.69. The average molecular weight is 301 g/mol. The van der Waals surface area contributed by atoms with Crippen LogP contribution < -0.4 is 5.73 Å². The van der Waals surface area contributed by atoms with E-state index in [1.165, 1.54) is 25.3 Å². The van der Waals surface area contributed by atoms with Crippen LogP contribution in [0.3, 0.4) is 0 Å². The van der Waals surface area contributed by atoms with Crippen LogP contribution in [0.15, 0.2) is 22.7 Å². The summed E-state index contributed by atoms with van der Waals surface area (Å²) in [4.78, 5) is 2.28. The van der Waals surface area contributed by atoms with Crippen LogP contribution >= 0.6 is 15.9 Å². The largest absolute Gasteiger partial charge is 0.329 e. The van der Waals surface area contributed by atoms with E-state index < -0.39 is 0 Å². The number of benzene rings is 1. The minimum absolute atomic E-state index is 0.0883. The Morgan fingerprint density at radius 2 is 2.24 bits per heavy atom. The Bertz CT molecular complexity index is 393. The van der Waals surface area contributed by atoms with E-state index in [1.54, 1.807) is 12.1 Å².